The van der Waals surface area contributed by atoms with Crippen LogP contribution in [0.15, 0.2) is 76.6 Å². The molecule has 0 saturated carbocycles. The number of halogens is 1. The van der Waals surface area contributed by atoms with Gasteiger partial charge in [0.15, 0.2) is 0 Å². The van der Waals surface area contributed by atoms with Crippen molar-refractivity contribution in [2.24, 2.45) is 0 Å². The van der Waals surface area contributed by atoms with Gasteiger partial charge in [-0.25, -0.2) is 4.79 Å². The van der Waals surface area contributed by atoms with E-state index in [2.05, 4.69) is 21.8 Å². The summed E-state index contributed by atoms with van der Waals surface area (Å²) in [6.07, 6.45) is 3.33. The van der Waals surface area contributed by atoms with Crippen molar-refractivity contribution in [3.05, 3.63) is 104 Å². The third-order valence-corrected chi connectivity index (χ3v) is 6.61. The summed E-state index contributed by atoms with van der Waals surface area (Å²) in [6, 6.07) is 17.0. The lowest BCUT2D eigenvalue weighted by Crippen LogP contribution is -2.46. The van der Waals surface area contributed by atoms with Crippen molar-refractivity contribution in [2.75, 3.05) is 38.1 Å². The number of hydrogen-bond donors (Lipinski definition) is 0. The molecule has 1 aliphatic rings. The standard InChI is InChI=1S/C26H26ClN5O2/c1-29-11-13-30(14-12-29)22-15-21(27)16-23-24(22)25(33)32(18-20-7-9-28-10-8-20)26(34)31(23)17-19-5-3-2-4-6-19/h2-10,15-16H,11-14,17-18H2,1H3. The Balaban J connectivity index is 1.76. The van der Waals surface area contributed by atoms with Crippen LogP contribution in [0.1, 0.15) is 11.1 Å². The van der Waals surface area contributed by atoms with Crippen LogP contribution in [0.5, 0.6) is 0 Å². The van der Waals surface area contributed by atoms with Gasteiger partial charge in [-0.15, -0.1) is 0 Å². The Hall–Kier alpha value is -3.42. The zero-order valence-electron chi connectivity index (χ0n) is 19.0. The Kier molecular flexibility index (Phi) is 6.22. The van der Waals surface area contributed by atoms with Crippen LogP contribution < -0.4 is 16.1 Å². The van der Waals surface area contributed by atoms with Gasteiger partial charge < -0.3 is 9.80 Å². The molecule has 0 N–H and O–H groups in total. The molecule has 0 radical (unpaired) electrons. The Morgan fingerprint density at radius 3 is 2.21 bits per heavy atom. The van der Waals surface area contributed by atoms with Crippen molar-refractivity contribution >= 4 is 28.2 Å². The maximum atomic E-state index is 13.9. The number of anilines is 1. The molecule has 0 spiro atoms. The SMILES string of the molecule is CN1CCN(c2cc(Cl)cc3c2c(=O)n(Cc2ccncc2)c(=O)n3Cc2ccccc2)CC1. The lowest BCUT2D eigenvalue weighted by atomic mass is 10.1. The van der Waals surface area contributed by atoms with Crippen LogP contribution in [-0.4, -0.2) is 52.2 Å². The number of hydrogen-bond acceptors (Lipinski definition) is 5. The van der Waals surface area contributed by atoms with Crippen LogP contribution in [-0.2, 0) is 13.1 Å². The monoisotopic (exact) mass is 475 g/mol. The highest BCUT2D eigenvalue weighted by atomic mass is 35.5. The van der Waals surface area contributed by atoms with Crippen molar-refractivity contribution in [1.29, 1.82) is 0 Å². The molecule has 8 heteroatoms. The normalized spacial score (nSPS) is 14.6. The summed E-state index contributed by atoms with van der Waals surface area (Å²) in [5.41, 5.74) is 2.50. The Morgan fingerprint density at radius 2 is 1.50 bits per heavy atom. The number of benzene rings is 2. The summed E-state index contributed by atoms with van der Waals surface area (Å²) in [7, 11) is 2.09. The predicted molar refractivity (Wildman–Crippen MR) is 136 cm³/mol. The lowest BCUT2D eigenvalue weighted by molar-refractivity contribution is 0.313. The second kappa shape index (κ2) is 9.44. The fraction of sp³-hybridized carbons (Fsp3) is 0.269. The van der Waals surface area contributed by atoms with Gasteiger partial charge in [-0.2, -0.15) is 0 Å². The number of piperazine rings is 1. The topological polar surface area (TPSA) is 63.4 Å². The zero-order chi connectivity index (χ0) is 23.7. The first-order chi connectivity index (χ1) is 16.5. The zero-order valence-corrected chi connectivity index (χ0v) is 19.8. The number of pyridine rings is 1. The molecule has 7 nitrogen and oxygen atoms in total. The summed E-state index contributed by atoms with van der Waals surface area (Å²) in [6.45, 7) is 3.87. The van der Waals surface area contributed by atoms with Gasteiger partial charge in [0.1, 0.15) is 0 Å². The maximum absolute atomic E-state index is 13.9. The van der Waals surface area contributed by atoms with E-state index in [-0.39, 0.29) is 17.8 Å². The van der Waals surface area contributed by atoms with Gasteiger partial charge >= 0.3 is 5.69 Å². The van der Waals surface area contributed by atoms with Gasteiger partial charge in [-0.1, -0.05) is 41.9 Å². The molecule has 0 bridgehead atoms. The van der Waals surface area contributed by atoms with E-state index < -0.39 is 0 Å². The van der Waals surface area contributed by atoms with Gasteiger partial charge in [0.2, 0.25) is 0 Å². The number of likely N-dealkylation sites (N-methyl/N-ethyl adjacent to an activating group) is 1. The minimum Gasteiger partial charge on any atom is -0.368 e. The highest BCUT2D eigenvalue weighted by Gasteiger charge is 2.23. The molecule has 1 aliphatic heterocycles. The van der Waals surface area contributed by atoms with Crippen LogP contribution in [0, 0.1) is 0 Å². The van der Waals surface area contributed by atoms with Gasteiger partial charge in [0.05, 0.1) is 29.7 Å². The van der Waals surface area contributed by atoms with Crippen LogP contribution in [0.25, 0.3) is 10.9 Å². The summed E-state index contributed by atoms with van der Waals surface area (Å²) < 4.78 is 2.99. The quantitative estimate of drug-likeness (QED) is 0.444. The van der Waals surface area contributed by atoms with E-state index in [1.807, 2.05) is 48.5 Å². The molecule has 2 aromatic carbocycles. The third kappa shape index (κ3) is 4.36. The summed E-state index contributed by atoms with van der Waals surface area (Å²) >= 11 is 6.55. The molecular formula is C26H26ClN5O2. The van der Waals surface area contributed by atoms with Crippen molar-refractivity contribution < 1.29 is 0 Å². The van der Waals surface area contributed by atoms with E-state index in [1.54, 1.807) is 23.0 Å². The number of aromatic nitrogens is 3. The van der Waals surface area contributed by atoms with E-state index in [9.17, 15) is 9.59 Å². The average molecular weight is 476 g/mol. The average Bonchev–Trinajstić information content (AvgIpc) is 2.85. The smallest absolute Gasteiger partial charge is 0.332 e. The number of nitrogens with zero attached hydrogens (tertiary/aromatic N) is 5. The highest BCUT2D eigenvalue weighted by molar-refractivity contribution is 6.31. The summed E-state index contributed by atoms with van der Waals surface area (Å²) in [5, 5.41) is 1.03. The van der Waals surface area contributed by atoms with Crippen LogP contribution in [0.2, 0.25) is 5.02 Å². The van der Waals surface area contributed by atoms with Crippen molar-refractivity contribution in [1.82, 2.24) is 19.0 Å². The van der Waals surface area contributed by atoms with Crippen molar-refractivity contribution in [2.45, 2.75) is 13.1 Å². The van der Waals surface area contributed by atoms with Gasteiger partial charge in [0, 0.05) is 43.6 Å². The Morgan fingerprint density at radius 1 is 0.853 bits per heavy atom. The predicted octanol–water partition coefficient (Wildman–Crippen LogP) is 3.06. The molecule has 5 rings (SSSR count). The van der Waals surface area contributed by atoms with E-state index in [1.165, 1.54) is 4.57 Å². The second-order valence-electron chi connectivity index (χ2n) is 8.71. The largest absolute Gasteiger partial charge is 0.368 e. The van der Waals surface area contributed by atoms with Crippen LogP contribution in [0.3, 0.4) is 0 Å². The first-order valence-electron chi connectivity index (χ1n) is 11.3. The fourth-order valence-electron chi connectivity index (χ4n) is 4.51. The van der Waals surface area contributed by atoms with E-state index in [0.717, 1.165) is 43.0 Å². The highest BCUT2D eigenvalue weighted by Crippen LogP contribution is 2.29. The van der Waals surface area contributed by atoms with Crippen LogP contribution >= 0.6 is 11.6 Å². The summed E-state index contributed by atoms with van der Waals surface area (Å²) in [5.74, 6) is 0. The molecular weight excluding hydrogens is 450 g/mol. The minimum absolute atomic E-state index is 0.176. The molecule has 34 heavy (non-hydrogen) atoms. The maximum Gasteiger partial charge on any atom is 0.332 e. The molecule has 3 heterocycles. The van der Waals surface area contributed by atoms with E-state index in [4.69, 9.17) is 11.6 Å². The molecule has 4 aromatic rings. The lowest BCUT2D eigenvalue weighted by Gasteiger charge is -2.34. The Bertz CT molecular complexity index is 1430. The molecule has 1 fully saturated rings. The number of rotatable bonds is 5. The first kappa shape index (κ1) is 22.4. The molecule has 1 saturated heterocycles. The van der Waals surface area contributed by atoms with Crippen molar-refractivity contribution in [3.63, 3.8) is 0 Å². The number of fused-ring (bicyclic) bond motifs is 1. The summed E-state index contributed by atoms with van der Waals surface area (Å²) in [4.78, 5) is 36.1. The molecule has 0 amide bonds. The second-order valence-corrected chi connectivity index (χ2v) is 9.15. The van der Waals surface area contributed by atoms with Gasteiger partial charge in [-0.3, -0.25) is 18.9 Å². The van der Waals surface area contributed by atoms with Gasteiger partial charge in [-0.05, 0) is 42.4 Å². The Labute approximate surface area is 202 Å². The molecule has 2 aromatic heterocycles. The molecule has 0 unspecified atom stereocenters. The van der Waals surface area contributed by atoms with Gasteiger partial charge in [0.25, 0.3) is 5.56 Å². The molecule has 0 aliphatic carbocycles. The molecule has 0 atom stereocenters. The minimum atomic E-state index is -0.357. The third-order valence-electron chi connectivity index (χ3n) is 6.39. The molecule has 174 valence electrons. The fourth-order valence-corrected chi connectivity index (χ4v) is 4.71. The van der Waals surface area contributed by atoms with Crippen molar-refractivity contribution in [3.8, 4) is 0 Å². The first-order valence-corrected chi connectivity index (χ1v) is 11.7. The van der Waals surface area contributed by atoms with E-state index in [0.29, 0.717) is 22.5 Å². The van der Waals surface area contributed by atoms with Crippen LogP contribution in [0.4, 0.5) is 5.69 Å². The van der Waals surface area contributed by atoms with E-state index >= 15 is 0 Å².